The molecule has 0 aliphatic heterocycles. The molecule has 2 amide bonds. The second-order valence-corrected chi connectivity index (χ2v) is 7.29. The minimum absolute atomic E-state index is 0.0303. The molecular weight excluding hydrogens is 340 g/mol. The van der Waals surface area contributed by atoms with Crippen molar-refractivity contribution in [3.8, 4) is 0 Å². The summed E-state index contributed by atoms with van der Waals surface area (Å²) in [5.41, 5.74) is 1.08. The molecule has 5 nitrogen and oxygen atoms in total. The van der Waals surface area contributed by atoms with Gasteiger partial charge in [0.25, 0.3) is 0 Å². The highest BCUT2D eigenvalue weighted by molar-refractivity contribution is 5.84. The molecular formula is C22H28N2O3. The lowest BCUT2D eigenvalue weighted by Gasteiger charge is -2.21. The molecule has 144 valence electrons. The van der Waals surface area contributed by atoms with Crippen LogP contribution in [0.1, 0.15) is 49.7 Å². The highest BCUT2D eigenvalue weighted by Gasteiger charge is 2.36. The Balaban J connectivity index is 1.39. The van der Waals surface area contributed by atoms with Crippen LogP contribution in [0.3, 0.4) is 0 Å². The predicted octanol–water partition coefficient (Wildman–Crippen LogP) is 3.50. The topological polar surface area (TPSA) is 62.6 Å². The Hall–Kier alpha value is -2.56. The zero-order chi connectivity index (χ0) is 19.2. The maximum Gasteiger partial charge on any atom is 0.242 e. The number of aryl methyl sites for hydroxylation is 1. The smallest absolute Gasteiger partial charge is 0.242 e. The maximum atomic E-state index is 12.4. The van der Waals surface area contributed by atoms with Gasteiger partial charge in [-0.1, -0.05) is 37.3 Å². The maximum absolute atomic E-state index is 12.4. The molecule has 1 fully saturated rings. The molecule has 1 aromatic carbocycles. The lowest BCUT2D eigenvalue weighted by Crippen LogP contribution is -2.39. The fourth-order valence-corrected chi connectivity index (χ4v) is 3.24. The monoisotopic (exact) mass is 368 g/mol. The minimum atomic E-state index is -0.128. The van der Waals surface area contributed by atoms with E-state index in [0.29, 0.717) is 37.8 Å². The van der Waals surface area contributed by atoms with Gasteiger partial charge in [0.1, 0.15) is 11.5 Å². The third kappa shape index (κ3) is 5.46. The number of likely N-dealkylation sites (N-methyl/N-ethyl adjacent to an activating group) is 1. The Morgan fingerprint density at radius 1 is 1.19 bits per heavy atom. The second-order valence-electron chi connectivity index (χ2n) is 7.29. The molecule has 5 heteroatoms. The van der Waals surface area contributed by atoms with Crippen molar-refractivity contribution in [2.75, 3.05) is 13.1 Å². The first-order valence-corrected chi connectivity index (χ1v) is 9.73. The molecule has 2 unspecified atom stereocenters. The standard InChI is InChI=1S/C22H28N2O3/c1-3-24(15-17-7-5-4-6-8-17)22(26)14-23-21(25)12-10-18-9-11-20(27-18)19-13-16(19)2/h4-9,11,16,19H,3,10,12-15H2,1-2H3,(H,23,25). The highest BCUT2D eigenvalue weighted by Crippen LogP contribution is 2.47. The van der Waals surface area contributed by atoms with Crippen molar-refractivity contribution in [1.29, 1.82) is 0 Å². The third-order valence-electron chi connectivity index (χ3n) is 5.14. The van der Waals surface area contributed by atoms with Gasteiger partial charge in [-0.2, -0.15) is 0 Å². The summed E-state index contributed by atoms with van der Waals surface area (Å²) >= 11 is 0. The lowest BCUT2D eigenvalue weighted by molar-refractivity contribution is -0.133. The normalized spacial score (nSPS) is 18.1. The number of benzene rings is 1. The van der Waals surface area contributed by atoms with E-state index in [1.807, 2.05) is 49.4 Å². The summed E-state index contributed by atoms with van der Waals surface area (Å²) < 4.78 is 5.82. The van der Waals surface area contributed by atoms with E-state index in [9.17, 15) is 9.59 Å². The summed E-state index contributed by atoms with van der Waals surface area (Å²) in [4.78, 5) is 26.2. The van der Waals surface area contributed by atoms with Gasteiger partial charge >= 0.3 is 0 Å². The van der Waals surface area contributed by atoms with Gasteiger partial charge in [0.15, 0.2) is 0 Å². The summed E-state index contributed by atoms with van der Waals surface area (Å²) in [6.07, 6.45) is 2.07. The molecule has 1 aliphatic carbocycles. The molecule has 27 heavy (non-hydrogen) atoms. The number of amides is 2. The molecule has 2 aromatic rings. The van der Waals surface area contributed by atoms with Crippen LogP contribution >= 0.6 is 0 Å². The van der Waals surface area contributed by atoms with Gasteiger partial charge in [0, 0.05) is 31.8 Å². The van der Waals surface area contributed by atoms with E-state index < -0.39 is 0 Å². The van der Waals surface area contributed by atoms with Crippen molar-refractivity contribution >= 4 is 11.8 Å². The number of nitrogens with zero attached hydrogens (tertiary/aromatic N) is 1. The zero-order valence-corrected chi connectivity index (χ0v) is 16.1. The van der Waals surface area contributed by atoms with Gasteiger partial charge < -0.3 is 14.6 Å². The number of carbonyl (C=O) groups excluding carboxylic acids is 2. The lowest BCUT2D eigenvalue weighted by atomic mass is 10.2. The largest absolute Gasteiger partial charge is 0.466 e. The quantitative estimate of drug-likeness (QED) is 0.737. The van der Waals surface area contributed by atoms with Crippen LogP contribution in [0.5, 0.6) is 0 Å². The van der Waals surface area contributed by atoms with Gasteiger partial charge in [-0.3, -0.25) is 9.59 Å². The molecule has 3 rings (SSSR count). The SMILES string of the molecule is CCN(Cc1ccccc1)C(=O)CNC(=O)CCc1ccc(C2CC2C)o1. The molecule has 0 bridgehead atoms. The summed E-state index contributed by atoms with van der Waals surface area (Å²) in [6, 6.07) is 13.8. The van der Waals surface area contributed by atoms with Gasteiger partial charge in [-0.25, -0.2) is 0 Å². The van der Waals surface area contributed by atoms with Crippen LogP contribution in [0.25, 0.3) is 0 Å². The average Bonchev–Trinajstić information content (AvgIpc) is 3.23. The number of hydrogen-bond acceptors (Lipinski definition) is 3. The van der Waals surface area contributed by atoms with E-state index in [-0.39, 0.29) is 18.4 Å². The number of hydrogen-bond donors (Lipinski definition) is 1. The first kappa shape index (κ1) is 19.2. The number of carbonyl (C=O) groups is 2. The first-order valence-electron chi connectivity index (χ1n) is 9.73. The molecule has 1 N–H and O–H groups in total. The molecule has 1 saturated carbocycles. The van der Waals surface area contributed by atoms with Gasteiger partial charge in [-0.05, 0) is 37.0 Å². The number of rotatable bonds is 9. The Kier molecular flexibility index (Phi) is 6.32. The molecule has 2 atom stereocenters. The van der Waals surface area contributed by atoms with E-state index in [0.717, 1.165) is 17.1 Å². The Bertz CT molecular complexity index is 769. The Morgan fingerprint density at radius 2 is 1.93 bits per heavy atom. The van der Waals surface area contributed by atoms with Gasteiger partial charge in [-0.15, -0.1) is 0 Å². The van der Waals surface area contributed by atoms with E-state index in [1.165, 1.54) is 6.42 Å². The van der Waals surface area contributed by atoms with Crippen LogP contribution in [-0.4, -0.2) is 29.8 Å². The first-order chi connectivity index (χ1) is 13.1. The minimum Gasteiger partial charge on any atom is -0.466 e. The zero-order valence-electron chi connectivity index (χ0n) is 16.1. The number of furan rings is 1. The fourth-order valence-electron chi connectivity index (χ4n) is 3.24. The fraction of sp³-hybridized carbons (Fsp3) is 0.455. The second kappa shape index (κ2) is 8.89. The summed E-state index contributed by atoms with van der Waals surface area (Å²) in [5, 5.41) is 2.73. The van der Waals surface area contributed by atoms with Crippen LogP contribution in [0, 0.1) is 5.92 Å². The van der Waals surface area contributed by atoms with Gasteiger partial charge in [0.05, 0.1) is 6.54 Å². The Labute approximate surface area is 160 Å². The average molecular weight is 368 g/mol. The molecule has 0 radical (unpaired) electrons. The van der Waals surface area contributed by atoms with Crippen LogP contribution in [0.2, 0.25) is 0 Å². The number of nitrogens with one attached hydrogen (secondary N) is 1. The van der Waals surface area contributed by atoms with Crippen LogP contribution in [-0.2, 0) is 22.6 Å². The van der Waals surface area contributed by atoms with Crippen LogP contribution < -0.4 is 5.32 Å². The molecule has 0 saturated heterocycles. The van der Waals surface area contributed by atoms with Crippen LogP contribution in [0.4, 0.5) is 0 Å². The Morgan fingerprint density at radius 3 is 2.59 bits per heavy atom. The van der Waals surface area contributed by atoms with Crippen molar-refractivity contribution < 1.29 is 14.0 Å². The van der Waals surface area contributed by atoms with Crippen molar-refractivity contribution in [2.45, 2.75) is 45.6 Å². The highest BCUT2D eigenvalue weighted by atomic mass is 16.3. The molecule has 1 heterocycles. The molecule has 1 aliphatic rings. The summed E-state index contributed by atoms with van der Waals surface area (Å²) in [6.45, 7) is 5.36. The van der Waals surface area contributed by atoms with Gasteiger partial charge in [0.2, 0.25) is 11.8 Å². The van der Waals surface area contributed by atoms with Crippen molar-refractivity contribution in [3.05, 3.63) is 59.5 Å². The van der Waals surface area contributed by atoms with E-state index in [1.54, 1.807) is 4.90 Å². The van der Waals surface area contributed by atoms with E-state index >= 15 is 0 Å². The van der Waals surface area contributed by atoms with Crippen molar-refractivity contribution in [2.24, 2.45) is 5.92 Å². The van der Waals surface area contributed by atoms with Crippen molar-refractivity contribution in [1.82, 2.24) is 10.2 Å². The van der Waals surface area contributed by atoms with Crippen molar-refractivity contribution in [3.63, 3.8) is 0 Å². The van der Waals surface area contributed by atoms with Crippen LogP contribution in [0.15, 0.2) is 46.9 Å². The van der Waals surface area contributed by atoms with E-state index in [2.05, 4.69) is 12.2 Å². The molecule has 1 aromatic heterocycles. The predicted molar refractivity (Wildman–Crippen MR) is 104 cm³/mol. The summed E-state index contributed by atoms with van der Waals surface area (Å²) in [7, 11) is 0. The molecule has 0 spiro atoms. The third-order valence-corrected chi connectivity index (χ3v) is 5.14. The van der Waals surface area contributed by atoms with E-state index in [4.69, 9.17) is 4.42 Å². The summed E-state index contributed by atoms with van der Waals surface area (Å²) in [5.74, 6) is 2.93.